The fraction of sp³-hybridized carbons (Fsp3) is 0.111. The molecule has 116 valence electrons. The van der Waals surface area contributed by atoms with Crippen LogP contribution in [0.5, 0.6) is 0 Å². The predicted octanol–water partition coefficient (Wildman–Crippen LogP) is 2.80. The van der Waals surface area contributed by atoms with Gasteiger partial charge in [-0.25, -0.2) is 4.79 Å². The van der Waals surface area contributed by atoms with Gasteiger partial charge in [0.05, 0.1) is 11.1 Å². The molecular weight excluding hydrogens is 292 g/mol. The maximum absolute atomic E-state index is 11.7. The summed E-state index contributed by atoms with van der Waals surface area (Å²) >= 11 is 0. The maximum Gasteiger partial charge on any atom is 0.335 e. The third-order valence-electron chi connectivity index (χ3n) is 4.00. The Morgan fingerprint density at radius 2 is 1.91 bits per heavy atom. The second-order valence-corrected chi connectivity index (χ2v) is 5.50. The average Bonchev–Trinajstić information content (AvgIpc) is 2.88. The Hall–Kier alpha value is -3.08. The highest BCUT2D eigenvalue weighted by Gasteiger charge is 2.15. The molecular formula is C18H16N2O3. The van der Waals surface area contributed by atoms with Crippen LogP contribution in [0.1, 0.15) is 31.8 Å². The summed E-state index contributed by atoms with van der Waals surface area (Å²) in [6.45, 7) is 2.55. The lowest BCUT2D eigenvalue weighted by Crippen LogP contribution is -2.10. The van der Waals surface area contributed by atoms with E-state index in [2.05, 4.69) is 0 Å². The molecule has 0 aliphatic rings. The number of nitrogens with two attached hydrogens (primary N) is 1. The van der Waals surface area contributed by atoms with Crippen LogP contribution in [0.2, 0.25) is 0 Å². The normalized spacial score (nSPS) is 10.8. The van der Waals surface area contributed by atoms with Gasteiger partial charge in [0.2, 0.25) is 0 Å². The molecule has 5 nitrogen and oxygen atoms in total. The molecule has 0 unspecified atom stereocenters. The smallest absolute Gasteiger partial charge is 0.335 e. The largest absolute Gasteiger partial charge is 0.478 e. The number of hydrogen-bond donors (Lipinski definition) is 2. The van der Waals surface area contributed by atoms with E-state index in [0.717, 1.165) is 11.1 Å². The molecule has 0 bridgehead atoms. The number of nitrogens with zero attached hydrogens (tertiary/aromatic N) is 1. The summed E-state index contributed by atoms with van der Waals surface area (Å²) in [5.74, 6) is -1.53. The zero-order valence-electron chi connectivity index (χ0n) is 12.6. The number of hydrogen-bond acceptors (Lipinski definition) is 2. The third kappa shape index (κ3) is 2.68. The van der Waals surface area contributed by atoms with Gasteiger partial charge in [-0.05, 0) is 30.2 Å². The number of carbonyl (C=O) groups excluding carboxylic acids is 1. The molecule has 3 aromatic rings. The Balaban J connectivity index is 2.18. The molecule has 3 rings (SSSR count). The summed E-state index contributed by atoms with van der Waals surface area (Å²) in [6.07, 6.45) is 1.69. The number of aromatic nitrogens is 1. The molecule has 0 atom stereocenters. The summed E-state index contributed by atoms with van der Waals surface area (Å²) in [5.41, 5.74) is 8.93. The van der Waals surface area contributed by atoms with Crippen LogP contribution in [-0.4, -0.2) is 21.6 Å². The lowest BCUT2D eigenvalue weighted by atomic mass is 10.1. The molecule has 5 heteroatoms. The van der Waals surface area contributed by atoms with E-state index in [1.54, 1.807) is 18.3 Å². The van der Waals surface area contributed by atoms with Crippen molar-refractivity contribution in [3.63, 3.8) is 0 Å². The highest BCUT2D eigenvalue weighted by molar-refractivity contribution is 6.07. The van der Waals surface area contributed by atoms with E-state index in [1.807, 2.05) is 35.8 Å². The molecule has 0 aliphatic heterocycles. The van der Waals surface area contributed by atoms with Crippen LogP contribution in [-0.2, 0) is 6.54 Å². The number of carboxylic acids is 1. The number of benzene rings is 2. The van der Waals surface area contributed by atoms with Crippen molar-refractivity contribution in [2.75, 3.05) is 0 Å². The Labute approximate surface area is 133 Å². The van der Waals surface area contributed by atoms with Crippen LogP contribution in [0.25, 0.3) is 10.9 Å². The molecule has 0 saturated heterocycles. The van der Waals surface area contributed by atoms with Gasteiger partial charge in [0.15, 0.2) is 0 Å². The Bertz CT molecular complexity index is 925. The van der Waals surface area contributed by atoms with E-state index < -0.39 is 11.9 Å². The molecule has 0 fully saturated rings. The van der Waals surface area contributed by atoms with Gasteiger partial charge in [0.1, 0.15) is 0 Å². The van der Waals surface area contributed by atoms with E-state index >= 15 is 0 Å². The fourth-order valence-electron chi connectivity index (χ4n) is 2.72. The first kappa shape index (κ1) is 14.8. The van der Waals surface area contributed by atoms with E-state index in [-0.39, 0.29) is 5.56 Å². The predicted molar refractivity (Wildman–Crippen MR) is 87.7 cm³/mol. The molecule has 23 heavy (non-hydrogen) atoms. The van der Waals surface area contributed by atoms with Crippen molar-refractivity contribution in [3.8, 4) is 0 Å². The summed E-state index contributed by atoms with van der Waals surface area (Å²) in [5, 5.41) is 9.85. The summed E-state index contributed by atoms with van der Waals surface area (Å²) < 4.78 is 1.87. The van der Waals surface area contributed by atoms with Crippen molar-refractivity contribution < 1.29 is 14.7 Å². The first-order chi connectivity index (χ1) is 11.0. The molecule has 1 aromatic heterocycles. The number of primary amides is 1. The zero-order chi connectivity index (χ0) is 16.6. The highest BCUT2D eigenvalue weighted by atomic mass is 16.4. The number of carboxylic acid groups (broad SMARTS) is 1. The fourth-order valence-corrected chi connectivity index (χ4v) is 2.72. The Morgan fingerprint density at radius 3 is 2.57 bits per heavy atom. The van der Waals surface area contributed by atoms with Crippen LogP contribution >= 0.6 is 0 Å². The van der Waals surface area contributed by atoms with Crippen molar-refractivity contribution in [3.05, 3.63) is 70.9 Å². The number of rotatable bonds is 4. The number of amides is 1. The van der Waals surface area contributed by atoms with Crippen LogP contribution < -0.4 is 5.73 Å². The van der Waals surface area contributed by atoms with E-state index in [9.17, 15) is 14.7 Å². The van der Waals surface area contributed by atoms with Crippen LogP contribution in [0.4, 0.5) is 0 Å². The first-order valence-electron chi connectivity index (χ1n) is 7.18. The molecule has 2 aromatic carbocycles. The Morgan fingerprint density at radius 1 is 1.17 bits per heavy atom. The molecule has 0 saturated carbocycles. The SMILES string of the molecule is Cc1ccccc1Cn1cc(C(N)=O)c2ccc(C(=O)O)cc21. The van der Waals surface area contributed by atoms with Crippen LogP contribution in [0.3, 0.4) is 0 Å². The number of fused-ring (bicyclic) bond motifs is 1. The second kappa shape index (κ2) is 5.61. The van der Waals surface area contributed by atoms with Gasteiger partial charge in [0.25, 0.3) is 5.91 Å². The average molecular weight is 308 g/mol. The quantitative estimate of drug-likeness (QED) is 0.777. The molecule has 0 radical (unpaired) electrons. The number of aryl methyl sites for hydroxylation is 1. The lowest BCUT2D eigenvalue weighted by molar-refractivity contribution is 0.0697. The summed E-state index contributed by atoms with van der Waals surface area (Å²) in [7, 11) is 0. The molecule has 0 aliphatic carbocycles. The van der Waals surface area contributed by atoms with Gasteiger partial charge >= 0.3 is 5.97 Å². The van der Waals surface area contributed by atoms with Gasteiger partial charge in [-0.3, -0.25) is 4.79 Å². The van der Waals surface area contributed by atoms with Crippen molar-refractivity contribution in [2.24, 2.45) is 5.73 Å². The monoisotopic (exact) mass is 308 g/mol. The zero-order valence-corrected chi connectivity index (χ0v) is 12.6. The van der Waals surface area contributed by atoms with Gasteiger partial charge < -0.3 is 15.4 Å². The van der Waals surface area contributed by atoms with Gasteiger partial charge in [-0.2, -0.15) is 0 Å². The minimum Gasteiger partial charge on any atom is -0.478 e. The molecule has 1 heterocycles. The number of carbonyl (C=O) groups is 2. The van der Waals surface area contributed by atoms with E-state index in [4.69, 9.17) is 5.73 Å². The maximum atomic E-state index is 11.7. The minimum absolute atomic E-state index is 0.178. The van der Waals surface area contributed by atoms with Crippen molar-refractivity contribution in [2.45, 2.75) is 13.5 Å². The first-order valence-corrected chi connectivity index (χ1v) is 7.18. The third-order valence-corrected chi connectivity index (χ3v) is 4.00. The van der Waals surface area contributed by atoms with Crippen LogP contribution in [0.15, 0.2) is 48.7 Å². The lowest BCUT2D eigenvalue weighted by Gasteiger charge is -2.08. The summed E-state index contributed by atoms with van der Waals surface area (Å²) in [6, 6.07) is 12.6. The number of aromatic carboxylic acids is 1. The standard InChI is InChI=1S/C18H16N2O3/c1-11-4-2-3-5-13(11)9-20-10-15(17(19)21)14-7-6-12(18(22)23)8-16(14)20/h2-8,10H,9H2,1H3,(H2,19,21)(H,22,23). The minimum atomic E-state index is -1.00. The second-order valence-electron chi connectivity index (χ2n) is 5.50. The van der Waals surface area contributed by atoms with Crippen molar-refractivity contribution in [1.82, 2.24) is 4.57 Å². The van der Waals surface area contributed by atoms with Gasteiger partial charge in [-0.15, -0.1) is 0 Å². The topological polar surface area (TPSA) is 85.3 Å². The van der Waals surface area contributed by atoms with E-state index in [1.165, 1.54) is 6.07 Å². The van der Waals surface area contributed by atoms with Crippen molar-refractivity contribution >= 4 is 22.8 Å². The summed E-state index contributed by atoms with van der Waals surface area (Å²) in [4.78, 5) is 22.9. The van der Waals surface area contributed by atoms with Gasteiger partial charge in [0, 0.05) is 23.6 Å². The highest BCUT2D eigenvalue weighted by Crippen LogP contribution is 2.24. The molecule has 1 amide bonds. The van der Waals surface area contributed by atoms with Crippen molar-refractivity contribution in [1.29, 1.82) is 0 Å². The molecule has 3 N–H and O–H groups in total. The van der Waals surface area contributed by atoms with Gasteiger partial charge in [-0.1, -0.05) is 30.3 Å². The molecule has 0 spiro atoms. The van der Waals surface area contributed by atoms with E-state index in [0.29, 0.717) is 23.0 Å². The Kier molecular flexibility index (Phi) is 3.62. The van der Waals surface area contributed by atoms with Crippen LogP contribution in [0, 0.1) is 6.92 Å².